The standard InChI is InChI=1S/C39H41ClF2N8O4/c1-22-26(6-5-9-29(22)45-36-34-30(46-37(48-36)35(41)42)16-23(17-44-34)19-50-15-12-25(51)20-50)27-7-4-8-28(33(27)40)31-18-43-32(38(47-31)53-2)21-49-13-10-24(11-14-49)39(52)54-3/h4-9,16-18,24-25,35,51H,10-15,19-21H2,1-3H3,(H,45,46,48)/t25-/m1/s1. The van der Waals surface area contributed by atoms with Crippen LogP contribution in [0.3, 0.4) is 0 Å². The molecular weight excluding hydrogens is 718 g/mol. The number of piperidine rings is 1. The average Bonchev–Trinajstić information content (AvgIpc) is 3.59. The van der Waals surface area contributed by atoms with Crippen molar-refractivity contribution in [3.05, 3.63) is 82.5 Å². The second kappa shape index (κ2) is 16.2. The molecule has 2 aromatic carbocycles. The Hall–Kier alpha value is -4.89. The zero-order valence-corrected chi connectivity index (χ0v) is 31.0. The number of nitrogens with one attached hydrogen (secondary N) is 1. The Morgan fingerprint density at radius 1 is 0.963 bits per heavy atom. The molecule has 2 aliphatic heterocycles. The van der Waals surface area contributed by atoms with Crippen LogP contribution in [0.5, 0.6) is 5.88 Å². The summed E-state index contributed by atoms with van der Waals surface area (Å²) in [4.78, 5) is 38.7. The van der Waals surface area contributed by atoms with Crippen molar-refractivity contribution in [1.82, 2.24) is 34.7 Å². The lowest BCUT2D eigenvalue weighted by Gasteiger charge is -2.30. The first kappa shape index (κ1) is 37.4. The number of hydrogen-bond donors (Lipinski definition) is 2. The quantitative estimate of drug-likeness (QED) is 0.138. The van der Waals surface area contributed by atoms with Crippen molar-refractivity contribution < 1.29 is 28.2 Å². The number of rotatable bonds is 11. The predicted molar refractivity (Wildman–Crippen MR) is 201 cm³/mol. The minimum atomic E-state index is -2.89. The van der Waals surface area contributed by atoms with Crippen molar-refractivity contribution >= 4 is 40.1 Å². The number of esters is 1. The van der Waals surface area contributed by atoms with Crippen LogP contribution in [0.25, 0.3) is 33.4 Å². The van der Waals surface area contributed by atoms with Gasteiger partial charge >= 0.3 is 5.97 Å². The molecule has 2 fully saturated rings. The first-order chi connectivity index (χ1) is 26.1. The Morgan fingerprint density at radius 3 is 2.43 bits per heavy atom. The normalized spacial score (nSPS) is 17.0. The van der Waals surface area contributed by atoms with Crippen LogP contribution < -0.4 is 10.1 Å². The van der Waals surface area contributed by atoms with Crippen molar-refractivity contribution in [2.45, 2.75) is 51.8 Å². The molecule has 5 aromatic rings. The van der Waals surface area contributed by atoms with Gasteiger partial charge in [-0.2, -0.15) is 0 Å². The van der Waals surface area contributed by atoms with Gasteiger partial charge in [0.25, 0.3) is 6.43 Å². The zero-order chi connectivity index (χ0) is 37.9. The minimum absolute atomic E-state index is 0.0885. The summed E-state index contributed by atoms with van der Waals surface area (Å²) < 4.78 is 38.7. The first-order valence-corrected chi connectivity index (χ1v) is 18.2. The van der Waals surface area contributed by atoms with Crippen LogP contribution in [-0.4, -0.2) is 92.3 Å². The van der Waals surface area contributed by atoms with Crippen LogP contribution in [0.2, 0.25) is 5.02 Å². The van der Waals surface area contributed by atoms with Crippen molar-refractivity contribution in [2.75, 3.05) is 45.7 Å². The summed E-state index contributed by atoms with van der Waals surface area (Å²) in [5, 5.41) is 13.6. The van der Waals surface area contributed by atoms with Gasteiger partial charge in [-0.05, 0) is 68.1 Å². The van der Waals surface area contributed by atoms with Crippen LogP contribution in [-0.2, 0) is 22.6 Å². The maximum absolute atomic E-state index is 14.0. The molecule has 282 valence electrons. The molecule has 5 heterocycles. The Morgan fingerprint density at radius 2 is 1.70 bits per heavy atom. The number of nitrogens with zero attached hydrogens (tertiary/aromatic N) is 7. The molecule has 54 heavy (non-hydrogen) atoms. The van der Waals surface area contributed by atoms with Gasteiger partial charge in [0.2, 0.25) is 5.88 Å². The molecule has 1 atom stereocenters. The van der Waals surface area contributed by atoms with Crippen LogP contribution in [0.1, 0.15) is 48.3 Å². The lowest BCUT2D eigenvalue weighted by atomic mass is 9.96. The summed E-state index contributed by atoms with van der Waals surface area (Å²) in [7, 11) is 2.98. The average molecular weight is 759 g/mol. The summed E-state index contributed by atoms with van der Waals surface area (Å²) in [6.07, 6.45) is 2.25. The van der Waals surface area contributed by atoms with Crippen LogP contribution in [0.15, 0.2) is 54.9 Å². The molecule has 0 spiro atoms. The maximum Gasteiger partial charge on any atom is 0.308 e. The number of anilines is 2. The topological polar surface area (TPSA) is 139 Å². The van der Waals surface area contributed by atoms with E-state index in [-0.39, 0.29) is 23.8 Å². The van der Waals surface area contributed by atoms with Gasteiger partial charge in [-0.15, -0.1) is 0 Å². The number of pyridine rings is 1. The van der Waals surface area contributed by atoms with Gasteiger partial charge in [0.15, 0.2) is 11.6 Å². The van der Waals surface area contributed by atoms with Gasteiger partial charge in [-0.25, -0.2) is 23.7 Å². The third-order valence-electron chi connectivity index (χ3n) is 10.1. The van der Waals surface area contributed by atoms with E-state index in [9.17, 15) is 18.7 Å². The highest BCUT2D eigenvalue weighted by atomic mass is 35.5. The molecular formula is C39H41ClF2N8O4. The number of methoxy groups -OCH3 is 2. The first-order valence-electron chi connectivity index (χ1n) is 17.8. The molecule has 15 heteroatoms. The van der Waals surface area contributed by atoms with E-state index in [1.165, 1.54) is 7.11 Å². The fourth-order valence-electron chi connectivity index (χ4n) is 7.20. The van der Waals surface area contributed by atoms with Crippen molar-refractivity contribution in [3.8, 4) is 28.3 Å². The van der Waals surface area contributed by atoms with Gasteiger partial charge < -0.3 is 19.9 Å². The SMILES string of the molecule is COC(=O)C1CCN(Cc2ncc(-c3cccc(-c4cccc(Nc5nc(C(F)F)nc6cc(CN7CC[C@@H](O)C7)cnc56)c4C)c3Cl)nc2OC)CC1. The molecule has 0 radical (unpaired) electrons. The molecule has 3 aromatic heterocycles. The Bertz CT molecular complexity index is 2170. The molecule has 0 unspecified atom stereocenters. The Kier molecular flexibility index (Phi) is 11.2. The largest absolute Gasteiger partial charge is 0.480 e. The van der Waals surface area contributed by atoms with Gasteiger partial charge in [0.1, 0.15) is 11.2 Å². The number of likely N-dealkylation sites (tertiary alicyclic amines) is 2. The van der Waals surface area contributed by atoms with Crippen LogP contribution in [0.4, 0.5) is 20.3 Å². The molecule has 2 saturated heterocycles. The minimum Gasteiger partial charge on any atom is -0.480 e. The number of hydrogen-bond acceptors (Lipinski definition) is 12. The molecule has 7 rings (SSSR count). The summed E-state index contributed by atoms with van der Waals surface area (Å²) in [6.45, 7) is 5.73. The highest BCUT2D eigenvalue weighted by Gasteiger charge is 2.27. The summed E-state index contributed by atoms with van der Waals surface area (Å²) in [5.41, 5.74) is 6.35. The highest BCUT2D eigenvalue weighted by molar-refractivity contribution is 6.36. The van der Waals surface area contributed by atoms with Gasteiger partial charge in [0, 0.05) is 49.2 Å². The number of carbonyl (C=O) groups is 1. The number of alkyl halides is 2. The molecule has 0 saturated carbocycles. The molecule has 0 bridgehead atoms. The third-order valence-corrected chi connectivity index (χ3v) is 10.5. The predicted octanol–water partition coefficient (Wildman–Crippen LogP) is 6.75. The van der Waals surface area contributed by atoms with Crippen molar-refractivity contribution in [2.24, 2.45) is 5.92 Å². The fourth-order valence-corrected chi connectivity index (χ4v) is 7.52. The van der Waals surface area contributed by atoms with E-state index in [4.69, 9.17) is 31.0 Å². The Labute approximate surface area is 316 Å². The van der Waals surface area contributed by atoms with E-state index < -0.39 is 12.2 Å². The second-order valence-electron chi connectivity index (χ2n) is 13.7. The molecule has 12 nitrogen and oxygen atoms in total. The number of benzene rings is 2. The van der Waals surface area contributed by atoms with E-state index in [1.54, 1.807) is 25.6 Å². The number of aliphatic hydroxyl groups is 1. The number of halogens is 3. The zero-order valence-electron chi connectivity index (χ0n) is 30.2. The third kappa shape index (κ3) is 7.97. The molecule has 2 N–H and O–H groups in total. The van der Waals surface area contributed by atoms with Gasteiger partial charge in [-0.1, -0.05) is 41.9 Å². The number of fused-ring (bicyclic) bond motifs is 1. The van der Waals surface area contributed by atoms with Crippen LogP contribution in [0, 0.1) is 12.8 Å². The Balaban J connectivity index is 1.14. The number of β-amino-alcohol motifs (C(OH)–C–C–N with tert-alkyl or cyclic N) is 1. The van der Waals surface area contributed by atoms with E-state index >= 15 is 0 Å². The molecule has 0 amide bonds. The smallest absolute Gasteiger partial charge is 0.308 e. The summed E-state index contributed by atoms with van der Waals surface area (Å²) >= 11 is 7.12. The second-order valence-corrected chi connectivity index (χ2v) is 14.1. The number of aromatic nitrogens is 5. The highest BCUT2D eigenvalue weighted by Crippen LogP contribution is 2.40. The lowest BCUT2D eigenvalue weighted by Crippen LogP contribution is -2.36. The maximum atomic E-state index is 14.0. The van der Waals surface area contributed by atoms with E-state index in [0.717, 1.165) is 54.7 Å². The monoisotopic (exact) mass is 758 g/mol. The fraction of sp³-hybridized carbons (Fsp3) is 0.385. The van der Waals surface area contributed by atoms with Gasteiger partial charge in [0.05, 0.1) is 48.7 Å². The van der Waals surface area contributed by atoms with Crippen molar-refractivity contribution in [1.29, 1.82) is 0 Å². The van der Waals surface area contributed by atoms with E-state index in [0.29, 0.717) is 70.6 Å². The number of aliphatic hydroxyl groups excluding tert-OH is 1. The van der Waals surface area contributed by atoms with E-state index in [2.05, 4.69) is 30.1 Å². The molecule has 2 aliphatic rings. The summed E-state index contributed by atoms with van der Waals surface area (Å²) in [6, 6.07) is 13.0. The van der Waals surface area contributed by atoms with Crippen LogP contribution >= 0.6 is 11.6 Å². The van der Waals surface area contributed by atoms with E-state index in [1.807, 2.05) is 43.3 Å². The van der Waals surface area contributed by atoms with Crippen molar-refractivity contribution in [3.63, 3.8) is 0 Å². The van der Waals surface area contributed by atoms with Gasteiger partial charge in [-0.3, -0.25) is 24.6 Å². The number of ether oxygens (including phenoxy) is 2. The number of carbonyl (C=O) groups excluding carboxylic acids is 1. The lowest BCUT2D eigenvalue weighted by molar-refractivity contribution is -0.147. The molecule has 0 aliphatic carbocycles. The summed E-state index contributed by atoms with van der Waals surface area (Å²) in [5.74, 6) is -0.305.